The number of hydrogen-bond acceptors (Lipinski definition) is 1. The molecule has 0 aromatic carbocycles. The highest BCUT2D eigenvalue weighted by Crippen LogP contribution is 2.29. The summed E-state index contributed by atoms with van der Waals surface area (Å²) in [5.41, 5.74) is 1.43. The smallest absolute Gasteiger partial charge is 0.155 e. The summed E-state index contributed by atoms with van der Waals surface area (Å²) in [6, 6.07) is 0. The lowest BCUT2D eigenvalue weighted by Crippen LogP contribution is -2.14. The third kappa shape index (κ3) is 6.05. The van der Waals surface area contributed by atoms with Crippen molar-refractivity contribution in [2.24, 2.45) is 5.92 Å². The molecule has 0 N–H and O–H groups in total. The quantitative estimate of drug-likeness (QED) is 0.539. The fraction of sp³-hybridized carbons (Fsp3) is 0.812. The van der Waals surface area contributed by atoms with Gasteiger partial charge in [-0.2, -0.15) is 0 Å². The first-order chi connectivity index (χ1) is 8.26. The molecule has 0 saturated heterocycles. The Morgan fingerprint density at radius 3 is 2.47 bits per heavy atom. The van der Waals surface area contributed by atoms with Gasteiger partial charge in [0.15, 0.2) is 5.78 Å². The molecule has 0 radical (unpaired) electrons. The minimum atomic E-state index is 0.379. The van der Waals surface area contributed by atoms with Crippen molar-refractivity contribution in [2.45, 2.75) is 78.1 Å². The lowest BCUT2D eigenvalue weighted by Gasteiger charge is -2.22. The van der Waals surface area contributed by atoms with Crippen molar-refractivity contribution in [2.75, 3.05) is 0 Å². The second-order valence-electron chi connectivity index (χ2n) is 5.50. The molecule has 0 heterocycles. The summed E-state index contributed by atoms with van der Waals surface area (Å²) in [5.74, 6) is 1.03. The van der Waals surface area contributed by atoms with Crippen LogP contribution < -0.4 is 0 Å². The van der Waals surface area contributed by atoms with Gasteiger partial charge in [0.2, 0.25) is 0 Å². The van der Waals surface area contributed by atoms with Gasteiger partial charge in [0.1, 0.15) is 0 Å². The molecule has 0 aromatic heterocycles. The zero-order chi connectivity index (χ0) is 12.5. The Balaban J connectivity index is 2.31. The van der Waals surface area contributed by atoms with Gasteiger partial charge in [-0.05, 0) is 37.7 Å². The van der Waals surface area contributed by atoms with Gasteiger partial charge in [0.25, 0.3) is 0 Å². The van der Waals surface area contributed by atoms with Gasteiger partial charge in [-0.15, -0.1) is 0 Å². The van der Waals surface area contributed by atoms with Gasteiger partial charge in [-0.25, -0.2) is 0 Å². The average molecular weight is 236 g/mol. The Hall–Kier alpha value is -0.590. The van der Waals surface area contributed by atoms with Crippen molar-refractivity contribution < 1.29 is 4.79 Å². The molecule has 0 fully saturated rings. The molecule has 0 amide bonds. The number of unbranched alkanes of at least 4 members (excludes halogenated alkanes) is 4. The normalized spacial score (nSPS) is 20.5. The Bertz CT molecular complexity index is 252. The molecule has 0 aromatic rings. The van der Waals surface area contributed by atoms with Crippen molar-refractivity contribution >= 4 is 5.78 Å². The highest BCUT2D eigenvalue weighted by atomic mass is 16.1. The lowest BCUT2D eigenvalue weighted by molar-refractivity contribution is -0.116. The summed E-state index contributed by atoms with van der Waals surface area (Å²) >= 11 is 0. The first-order valence-corrected chi connectivity index (χ1v) is 7.48. The first kappa shape index (κ1) is 14.5. The highest BCUT2D eigenvalue weighted by molar-refractivity contribution is 5.91. The highest BCUT2D eigenvalue weighted by Gasteiger charge is 2.19. The van der Waals surface area contributed by atoms with Gasteiger partial charge in [-0.1, -0.05) is 51.5 Å². The SMILES string of the molecule is CCCCCC1=CC(=O)CC(CCCCC)C1. The van der Waals surface area contributed by atoms with E-state index in [0.29, 0.717) is 11.7 Å². The fourth-order valence-electron chi connectivity index (χ4n) is 2.74. The lowest BCUT2D eigenvalue weighted by atomic mass is 9.83. The van der Waals surface area contributed by atoms with E-state index in [4.69, 9.17) is 0 Å². The Morgan fingerprint density at radius 1 is 1.06 bits per heavy atom. The summed E-state index contributed by atoms with van der Waals surface area (Å²) < 4.78 is 0. The van der Waals surface area contributed by atoms with Crippen molar-refractivity contribution in [1.29, 1.82) is 0 Å². The van der Waals surface area contributed by atoms with E-state index >= 15 is 0 Å². The van der Waals surface area contributed by atoms with Gasteiger partial charge in [0, 0.05) is 6.42 Å². The first-order valence-electron chi connectivity index (χ1n) is 7.48. The predicted octanol–water partition coefficient (Wildman–Crippen LogP) is 5.05. The van der Waals surface area contributed by atoms with Crippen molar-refractivity contribution in [3.8, 4) is 0 Å². The topological polar surface area (TPSA) is 17.1 Å². The van der Waals surface area contributed by atoms with E-state index in [0.717, 1.165) is 12.8 Å². The number of allylic oxidation sites excluding steroid dienone is 2. The minimum absolute atomic E-state index is 0.379. The van der Waals surface area contributed by atoms with Gasteiger partial charge in [0.05, 0.1) is 0 Å². The van der Waals surface area contributed by atoms with Crippen LogP contribution in [0.2, 0.25) is 0 Å². The maximum atomic E-state index is 11.7. The zero-order valence-electron chi connectivity index (χ0n) is 11.6. The summed E-state index contributed by atoms with van der Waals surface area (Å²) in [7, 11) is 0. The molecule has 1 aliphatic carbocycles. The van der Waals surface area contributed by atoms with Crippen LogP contribution >= 0.6 is 0 Å². The van der Waals surface area contributed by atoms with E-state index in [-0.39, 0.29) is 0 Å². The summed E-state index contributed by atoms with van der Waals surface area (Å²) in [6.45, 7) is 4.47. The maximum absolute atomic E-state index is 11.7. The average Bonchev–Trinajstić information content (AvgIpc) is 2.29. The van der Waals surface area contributed by atoms with Crippen LogP contribution in [-0.2, 0) is 4.79 Å². The Kier molecular flexibility index (Phi) is 7.23. The number of hydrogen-bond donors (Lipinski definition) is 0. The van der Waals surface area contributed by atoms with E-state index in [1.54, 1.807) is 0 Å². The molecule has 1 heteroatoms. The second-order valence-corrected chi connectivity index (χ2v) is 5.50. The molecule has 0 aliphatic heterocycles. The number of carbonyl (C=O) groups excluding carboxylic acids is 1. The standard InChI is InChI=1S/C16H28O/c1-3-5-7-9-14-11-15(10-8-6-4-2)13-16(17)12-14/h12,15H,3-11,13H2,1-2H3. The van der Waals surface area contributed by atoms with Crippen molar-refractivity contribution in [3.63, 3.8) is 0 Å². The van der Waals surface area contributed by atoms with Crippen LogP contribution in [0.3, 0.4) is 0 Å². The molecule has 1 aliphatic rings. The maximum Gasteiger partial charge on any atom is 0.155 e. The molecule has 17 heavy (non-hydrogen) atoms. The van der Waals surface area contributed by atoms with Crippen molar-refractivity contribution in [3.05, 3.63) is 11.6 Å². The summed E-state index contributed by atoms with van der Waals surface area (Å²) in [6.07, 6.45) is 14.1. The van der Waals surface area contributed by atoms with E-state index in [2.05, 4.69) is 13.8 Å². The van der Waals surface area contributed by atoms with Gasteiger partial charge in [-0.3, -0.25) is 4.79 Å². The van der Waals surface area contributed by atoms with Gasteiger partial charge < -0.3 is 0 Å². The summed E-state index contributed by atoms with van der Waals surface area (Å²) in [5, 5.41) is 0. The molecular weight excluding hydrogens is 208 g/mol. The van der Waals surface area contributed by atoms with Gasteiger partial charge >= 0.3 is 0 Å². The van der Waals surface area contributed by atoms with Crippen LogP contribution in [0.25, 0.3) is 0 Å². The molecule has 0 bridgehead atoms. The van der Waals surface area contributed by atoms with E-state index < -0.39 is 0 Å². The minimum Gasteiger partial charge on any atom is -0.295 e. The number of carbonyl (C=O) groups is 1. The molecular formula is C16H28O. The molecule has 1 unspecified atom stereocenters. The van der Waals surface area contributed by atoms with E-state index in [1.807, 2.05) is 6.08 Å². The second kappa shape index (κ2) is 8.49. The molecule has 0 saturated carbocycles. The molecule has 1 rings (SSSR count). The number of ketones is 1. The van der Waals surface area contributed by atoms with Crippen LogP contribution in [0, 0.1) is 5.92 Å². The third-order valence-corrected chi connectivity index (χ3v) is 3.72. The van der Waals surface area contributed by atoms with Crippen LogP contribution in [0.15, 0.2) is 11.6 Å². The Morgan fingerprint density at radius 2 is 1.76 bits per heavy atom. The fourth-order valence-corrected chi connectivity index (χ4v) is 2.74. The predicted molar refractivity (Wildman–Crippen MR) is 74.1 cm³/mol. The zero-order valence-corrected chi connectivity index (χ0v) is 11.6. The molecule has 98 valence electrons. The van der Waals surface area contributed by atoms with Crippen LogP contribution in [0.1, 0.15) is 78.1 Å². The van der Waals surface area contributed by atoms with Crippen molar-refractivity contribution in [1.82, 2.24) is 0 Å². The molecule has 1 nitrogen and oxygen atoms in total. The monoisotopic (exact) mass is 236 g/mol. The van der Waals surface area contributed by atoms with Crippen LogP contribution in [0.5, 0.6) is 0 Å². The molecule has 1 atom stereocenters. The largest absolute Gasteiger partial charge is 0.295 e. The van der Waals surface area contributed by atoms with Crippen LogP contribution in [-0.4, -0.2) is 5.78 Å². The third-order valence-electron chi connectivity index (χ3n) is 3.72. The number of rotatable bonds is 8. The van der Waals surface area contributed by atoms with Crippen LogP contribution in [0.4, 0.5) is 0 Å². The summed E-state index contributed by atoms with van der Waals surface area (Å²) in [4.78, 5) is 11.7. The Labute approximate surface area is 107 Å². The molecule has 0 spiro atoms. The van der Waals surface area contributed by atoms with E-state index in [9.17, 15) is 4.79 Å². The van der Waals surface area contributed by atoms with E-state index in [1.165, 1.54) is 56.9 Å².